The van der Waals surface area contributed by atoms with Crippen molar-refractivity contribution in [1.82, 2.24) is 4.98 Å². The van der Waals surface area contributed by atoms with Crippen LogP contribution in [0.2, 0.25) is 0 Å². The fourth-order valence-corrected chi connectivity index (χ4v) is 4.28. The van der Waals surface area contributed by atoms with Crippen molar-refractivity contribution in [3.8, 4) is 5.75 Å². The van der Waals surface area contributed by atoms with E-state index in [2.05, 4.69) is 4.98 Å². The van der Waals surface area contributed by atoms with E-state index in [-0.39, 0.29) is 23.6 Å². The molecule has 2 fully saturated rings. The number of nitrogens with zero attached hydrogens (tertiary/aromatic N) is 2. The molecule has 2 aliphatic rings. The van der Waals surface area contributed by atoms with Crippen LogP contribution in [0.1, 0.15) is 35.8 Å². The van der Waals surface area contributed by atoms with E-state index in [9.17, 15) is 31.5 Å². The van der Waals surface area contributed by atoms with Gasteiger partial charge in [-0.3, -0.25) is 14.6 Å². The van der Waals surface area contributed by atoms with Gasteiger partial charge in [0.25, 0.3) is 5.91 Å². The number of carbonyl (C=O) groups excluding carboxylic acids is 2. The maximum absolute atomic E-state index is 13.7. The van der Waals surface area contributed by atoms with Crippen LogP contribution in [0.25, 0.3) is 0 Å². The van der Waals surface area contributed by atoms with Crippen molar-refractivity contribution in [2.45, 2.75) is 31.5 Å². The molecular weight excluding hydrogens is 517 g/mol. The largest absolute Gasteiger partial charge is 0.493 e. The lowest BCUT2D eigenvalue weighted by molar-refractivity contribution is -0.266. The molecule has 2 N–H and O–H groups in total. The van der Waals surface area contributed by atoms with Crippen molar-refractivity contribution >= 4 is 18.0 Å². The van der Waals surface area contributed by atoms with E-state index in [0.717, 1.165) is 26.5 Å². The monoisotopic (exact) mass is 545 g/mol. The van der Waals surface area contributed by atoms with Crippen molar-refractivity contribution in [3.63, 3.8) is 0 Å². The number of anilines is 1. The van der Waals surface area contributed by atoms with Crippen LogP contribution >= 0.6 is 0 Å². The summed E-state index contributed by atoms with van der Waals surface area (Å²) in [7, 11) is 1.14. The molecule has 1 aromatic heterocycles. The second-order valence-electron chi connectivity index (χ2n) is 9.22. The summed E-state index contributed by atoms with van der Waals surface area (Å²) in [6.07, 6.45) is -2.35. The van der Waals surface area contributed by atoms with Crippen LogP contribution in [0.3, 0.4) is 0 Å². The molecule has 2 saturated heterocycles. The normalized spacial score (nSPS) is 23.2. The molecule has 2 aliphatic heterocycles. The van der Waals surface area contributed by atoms with Gasteiger partial charge in [0.15, 0.2) is 17.2 Å². The number of aromatic nitrogens is 1. The van der Waals surface area contributed by atoms with Crippen LogP contribution in [0, 0.1) is 23.5 Å². The smallest absolute Gasteiger partial charge is 0.417 e. The zero-order chi connectivity index (χ0) is 28.3. The number of hydrogen-bond acceptors (Lipinski definition) is 6. The van der Waals surface area contributed by atoms with Gasteiger partial charge in [-0.2, -0.15) is 17.6 Å². The Hall–Kier alpha value is -3.32. The molecule has 0 spiro atoms. The molecule has 0 aliphatic carbocycles. The third kappa shape index (κ3) is 5.88. The number of ether oxygens (including phenoxy) is 3. The highest BCUT2D eigenvalue weighted by molar-refractivity contribution is 5.92. The minimum atomic E-state index is -4.55. The van der Waals surface area contributed by atoms with Crippen LogP contribution < -0.4 is 15.4 Å². The summed E-state index contributed by atoms with van der Waals surface area (Å²) in [4.78, 5) is 27.4. The summed E-state index contributed by atoms with van der Waals surface area (Å²) < 4.78 is 81.1. The zero-order valence-corrected chi connectivity index (χ0v) is 20.9. The Bertz CT molecular complexity index is 1160. The summed E-state index contributed by atoms with van der Waals surface area (Å²) in [5.74, 6) is -4.64. The second-order valence-corrected chi connectivity index (χ2v) is 9.22. The fraction of sp³-hybridized carbons (Fsp3) is 0.480. The number of rotatable bonds is 7. The lowest BCUT2D eigenvalue weighted by Gasteiger charge is -2.32. The summed E-state index contributed by atoms with van der Waals surface area (Å²) in [5, 5.41) is 0. The molecule has 0 bridgehead atoms. The number of hydrogen-bond donors (Lipinski definition) is 1. The van der Waals surface area contributed by atoms with Crippen LogP contribution in [-0.4, -0.2) is 62.6 Å². The summed E-state index contributed by atoms with van der Waals surface area (Å²) in [6.45, 7) is 4.01. The highest BCUT2D eigenvalue weighted by atomic mass is 19.4. The predicted octanol–water partition coefficient (Wildman–Crippen LogP) is 3.83. The molecule has 0 radical (unpaired) electrons. The van der Waals surface area contributed by atoms with Gasteiger partial charge in [-0.15, -0.1) is 0 Å². The molecule has 38 heavy (non-hydrogen) atoms. The van der Waals surface area contributed by atoms with E-state index in [1.165, 1.54) is 30.2 Å². The number of amides is 2. The van der Waals surface area contributed by atoms with Crippen LogP contribution in [0.15, 0.2) is 30.5 Å². The number of benzene rings is 1. The highest BCUT2D eigenvalue weighted by Crippen LogP contribution is 2.51. The molecule has 208 valence electrons. The van der Waals surface area contributed by atoms with Crippen LogP contribution in [-0.2, 0) is 14.3 Å². The topological polar surface area (TPSA) is 104 Å². The Morgan fingerprint density at radius 3 is 2.45 bits per heavy atom. The van der Waals surface area contributed by atoms with E-state index in [4.69, 9.17) is 19.9 Å². The number of pyridine rings is 1. The Kier molecular flexibility index (Phi) is 8.93. The molecule has 2 unspecified atom stereocenters. The first-order chi connectivity index (χ1) is 17.8. The van der Waals surface area contributed by atoms with Crippen LogP contribution in [0.4, 0.5) is 27.6 Å². The molecular formula is C25H28F5N3O5. The van der Waals surface area contributed by atoms with Gasteiger partial charge in [-0.25, -0.2) is 4.39 Å². The SMILES string of the molecule is COc1c(C2CO[C@@](C)(C(F)(F)F)C2C)ccc(F)c1F.NC(=O)c1cc(N(C=O)CC2COC2)ccn1. The standard InChI is InChI=1S/C14H15F5O2.C11H13N3O3/c1-7-9(6-21-13(7,2)14(17,18)19)8-4-5-10(15)11(16)12(8)20-3;12-11(16)10-3-9(1-2-13-10)14(7-15)4-8-5-17-6-8/h4-5,7,9H,6H2,1-3H3;1-3,7-8H,4-6H2,(H2,12,16)/t7?,9?,13-;/m1./s1. The van der Waals surface area contributed by atoms with Gasteiger partial charge in [0.1, 0.15) is 5.69 Å². The van der Waals surface area contributed by atoms with Crippen molar-refractivity contribution in [3.05, 3.63) is 53.4 Å². The maximum atomic E-state index is 13.7. The lowest BCUT2D eigenvalue weighted by Crippen LogP contribution is -2.46. The molecule has 1 aromatic carbocycles. The molecule has 0 saturated carbocycles. The van der Waals surface area contributed by atoms with Crippen molar-refractivity contribution < 1.29 is 45.8 Å². The number of nitrogens with two attached hydrogens (primary N) is 1. The van der Waals surface area contributed by atoms with E-state index < -0.39 is 41.2 Å². The van der Waals surface area contributed by atoms with Gasteiger partial charge >= 0.3 is 6.18 Å². The summed E-state index contributed by atoms with van der Waals surface area (Å²) >= 11 is 0. The van der Waals surface area contributed by atoms with Gasteiger partial charge in [-0.1, -0.05) is 13.0 Å². The maximum Gasteiger partial charge on any atom is 0.417 e. The number of methoxy groups -OCH3 is 1. The molecule has 13 heteroatoms. The number of alkyl halides is 3. The van der Waals surface area contributed by atoms with Gasteiger partial charge in [-0.05, 0) is 25.1 Å². The first-order valence-corrected chi connectivity index (χ1v) is 11.6. The predicted molar refractivity (Wildman–Crippen MR) is 126 cm³/mol. The van der Waals surface area contributed by atoms with E-state index in [1.807, 2.05) is 0 Å². The molecule has 2 amide bonds. The lowest BCUT2D eigenvalue weighted by atomic mass is 9.79. The summed E-state index contributed by atoms with van der Waals surface area (Å²) in [5.41, 5.74) is 3.76. The van der Waals surface area contributed by atoms with E-state index in [0.29, 0.717) is 31.4 Å². The molecule has 3 atom stereocenters. The van der Waals surface area contributed by atoms with Gasteiger partial charge in [0.05, 0.1) is 26.9 Å². The Morgan fingerprint density at radius 2 is 1.95 bits per heavy atom. The minimum absolute atomic E-state index is 0.152. The Labute approximate surface area is 215 Å². The van der Waals surface area contributed by atoms with Crippen LogP contribution in [0.5, 0.6) is 5.75 Å². The quantitative estimate of drug-likeness (QED) is 0.419. The third-order valence-electron chi connectivity index (χ3n) is 6.90. The molecule has 2 aromatic rings. The fourth-order valence-electron chi connectivity index (χ4n) is 4.28. The first-order valence-electron chi connectivity index (χ1n) is 11.6. The van der Waals surface area contributed by atoms with Crippen molar-refractivity contribution in [1.29, 1.82) is 0 Å². The molecule has 4 rings (SSSR count). The third-order valence-corrected chi connectivity index (χ3v) is 6.90. The van der Waals surface area contributed by atoms with Gasteiger partial charge in [0.2, 0.25) is 12.2 Å². The second kappa shape index (κ2) is 11.6. The average Bonchev–Trinajstić information content (AvgIpc) is 3.16. The molecule has 8 nitrogen and oxygen atoms in total. The average molecular weight is 546 g/mol. The molecule has 3 heterocycles. The Balaban J connectivity index is 0.000000215. The Morgan fingerprint density at radius 1 is 1.26 bits per heavy atom. The van der Waals surface area contributed by atoms with Gasteiger partial charge in [0, 0.05) is 41.7 Å². The first kappa shape index (κ1) is 29.2. The number of carbonyl (C=O) groups is 2. The van der Waals surface area contributed by atoms with E-state index >= 15 is 0 Å². The highest BCUT2D eigenvalue weighted by Gasteiger charge is 2.61. The number of primary amides is 1. The minimum Gasteiger partial charge on any atom is -0.493 e. The number of halogens is 5. The zero-order valence-electron chi connectivity index (χ0n) is 20.9. The van der Waals surface area contributed by atoms with E-state index in [1.54, 1.807) is 6.07 Å². The summed E-state index contributed by atoms with van der Waals surface area (Å²) in [6, 6.07) is 5.30. The van der Waals surface area contributed by atoms with Gasteiger partial charge < -0.3 is 24.8 Å². The van der Waals surface area contributed by atoms with Crippen molar-refractivity contribution in [2.75, 3.05) is 38.4 Å². The van der Waals surface area contributed by atoms with Crippen molar-refractivity contribution in [2.24, 2.45) is 17.6 Å².